The molecule has 0 aromatic rings. The largest absolute Gasteiger partial charge is 0.462 e. The minimum Gasteiger partial charge on any atom is -0.462 e. The van der Waals surface area contributed by atoms with Gasteiger partial charge in [-0.3, -0.25) is 14.4 Å². The van der Waals surface area contributed by atoms with Gasteiger partial charge in [0, 0.05) is 19.3 Å². The molecular formula is C65H108O6. The number of allylic oxidation sites excluding steroid dienone is 18. The van der Waals surface area contributed by atoms with Gasteiger partial charge in [0.2, 0.25) is 0 Å². The molecule has 0 aromatic heterocycles. The fourth-order valence-corrected chi connectivity index (χ4v) is 7.94. The number of hydrogen-bond acceptors (Lipinski definition) is 6. The van der Waals surface area contributed by atoms with Crippen molar-refractivity contribution < 1.29 is 28.6 Å². The lowest BCUT2D eigenvalue weighted by Crippen LogP contribution is -2.30. The van der Waals surface area contributed by atoms with Crippen LogP contribution in [0, 0.1) is 0 Å². The third-order valence-corrected chi connectivity index (χ3v) is 12.3. The zero-order valence-electron chi connectivity index (χ0n) is 46.2. The Morgan fingerprint density at radius 2 is 0.606 bits per heavy atom. The molecule has 0 radical (unpaired) electrons. The maximum absolute atomic E-state index is 12.9. The minimum atomic E-state index is -0.800. The fraction of sp³-hybridized carbons (Fsp3) is 0.677. The first-order valence-electron chi connectivity index (χ1n) is 29.4. The highest BCUT2D eigenvalue weighted by molar-refractivity contribution is 5.71. The lowest BCUT2D eigenvalue weighted by Gasteiger charge is -2.18. The molecule has 0 heterocycles. The zero-order chi connectivity index (χ0) is 51.4. The maximum Gasteiger partial charge on any atom is 0.306 e. The van der Waals surface area contributed by atoms with Crippen LogP contribution in [-0.4, -0.2) is 37.2 Å². The highest BCUT2D eigenvalue weighted by Crippen LogP contribution is 2.15. The van der Waals surface area contributed by atoms with E-state index in [1.165, 1.54) is 89.9 Å². The summed E-state index contributed by atoms with van der Waals surface area (Å²) in [5, 5.41) is 0. The second-order valence-electron chi connectivity index (χ2n) is 19.2. The van der Waals surface area contributed by atoms with Crippen molar-refractivity contribution in [1.82, 2.24) is 0 Å². The van der Waals surface area contributed by atoms with E-state index in [2.05, 4.69) is 130 Å². The Kier molecular flexibility index (Phi) is 55.4. The summed E-state index contributed by atoms with van der Waals surface area (Å²) in [6.07, 6.45) is 79.3. The van der Waals surface area contributed by atoms with Crippen LogP contribution in [0.25, 0.3) is 0 Å². The van der Waals surface area contributed by atoms with Crippen LogP contribution in [0.1, 0.15) is 265 Å². The molecule has 0 saturated heterocycles. The van der Waals surface area contributed by atoms with Gasteiger partial charge < -0.3 is 14.2 Å². The number of unbranched alkanes of at least 4 members (excludes halogenated alkanes) is 25. The number of carbonyl (C=O) groups is 3. The zero-order valence-corrected chi connectivity index (χ0v) is 46.2. The van der Waals surface area contributed by atoms with Crippen LogP contribution in [0.3, 0.4) is 0 Å². The van der Waals surface area contributed by atoms with E-state index in [1.807, 2.05) is 0 Å². The van der Waals surface area contributed by atoms with Gasteiger partial charge in [0.05, 0.1) is 0 Å². The quantitative estimate of drug-likeness (QED) is 0.0199. The molecule has 1 atom stereocenters. The molecule has 0 aliphatic rings. The number of esters is 3. The van der Waals surface area contributed by atoms with Crippen molar-refractivity contribution in [1.29, 1.82) is 0 Å². The summed E-state index contributed by atoms with van der Waals surface area (Å²) in [6.45, 7) is 6.38. The van der Waals surface area contributed by atoms with Gasteiger partial charge in [-0.15, -0.1) is 0 Å². The fourth-order valence-electron chi connectivity index (χ4n) is 7.94. The summed E-state index contributed by atoms with van der Waals surface area (Å²) in [5.41, 5.74) is 0. The Hall–Kier alpha value is -3.93. The Bertz CT molecular complexity index is 1460. The number of ether oxygens (including phenoxy) is 3. The summed E-state index contributed by atoms with van der Waals surface area (Å²) < 4.78 is 16.9. The van der Waals surface area contributed by atoms with Crippen LogP contribution in [-0.2, 0) is 28.6 Å². The number of hydrogen-bond donors (Lipinski definition) is 0. The lowest BCUT2D eigenvalue weighted by atomic mass is 10.1. The van der Waals surface area contributed by atoms with E-state index in [9.17, 15) is 14.4 Å². The van der Waals surface area contributed by atoms with Crippen molar-refractivity contribution in [2.75, 3.05) is 13.2 Å². The summed E-state index contributed by atoms with van der Waals surface area (Å²) in [6, 6.07) is 0. The van der Waals surface area contributed by atoms with Crippen LogP contribution in [0.15, 0.2) is 109 Å². The molecule has 404 valence electrons. The van der Waals surface area contributed by atoms with E-state index in [0.717, 1.165) is 135 Å². The Morgan fingerprint density at radius 1 is 0.310 bits per heavy atom. The second-order valence-corrected chi connectivity index (χ2v) is 19.2. The Morgan fingerprint density at radius 3 is 0.972 bits per heavy atom. The van der Waals surface area contributed by atoms with Gasteiger partial charge in [0.1, 0.15) is 13.2 Å². The lowest BCUT2D eigenvalue weighted by molar-refractivity contribution is -0.167. The normalized spacial score (nSPS) is 12.9. The van der Waals surface area contributed by atoms with Crippen LogP contribution in [0.4, 0.5) is 0 Å². The first-order valence-corrected chi connectivity index (χ1v) is 29.4. The Labute approximate surface area is 438 Å². The van der Waals surface area contributed by atoms with Crippen LogP contribution in [0.5, 0.6) is 0 Å². The summed E-state index contributed by atoms with van der Waals surface area (Å²) in [7, 11) is 0. The minimum absolute atomic E-state index is 0.0950. The topological polar surface area (TPSA) is 78.9 Å². The maximum atomic E-state index is 12.9. The second kappa shape index (κ2) is 58.6. The number of carbonyl (C=O) groups excluding carboxylic acids is 3. The third kappa shape index (κ3) is 56.9. The van der Waals surface area contributed by atoms with Crippen LogP contribution >= 0.6 is 0 Å². The van der Waals surface area contributed by atoms with Gasteiger partial charge in [-0.1, -0.05) is 246 Å². The molecule has 0 aromatic carbocycles. The Balaban J connectivity index is 4.46. The molecule has 0 aliphatic carbocycles. The van der Waals surface area contributed by atoms with Gasteiger partial charge >= 0.3 is 17.9 Å². The van der Waals surface area contributed by atoms with E-state index >= 15 is 0 Å². The molecule has 0 N–H and O–H groups in total. The third-order valence-electron chi connectivity index (χ3n) is 12.3. The molecule has 0 bridgehead atoms. The van der Waals surface area contributed by atoms with Crippen molar-refractivity contribution in [3.63, 3.8) is 0 Å². The van der Waals surface area contributed by atoms with Crippen molar-refractivity contribution in [3.05, 3.63) is 109 Å². The average Bonchev–Trinajstić information content (AvgIpc) is 3.37. The molecule has 0 fully saturated rings. The van der Waals surface area contributed by atoms with E-state index in [-0.39, 0.29) is 31.1 Å². The van der Waals surface area contributed by atoms with Gasteiger partial charge in [-0.2, -0.15) is 0 Å². The molecule has 0 amide bonds. The van der Waals surface area contributed by atoms with Gasteiger partial charge in [-0.25, -0.2) is 0 Å². The van der Waals surface area contributed by atoms with Crippen LogP contribution in [0.2, 0.25) is 0 Å². The first kappa shape index (κ1) is 67.1. The van der Waals surface area contributed by atoms with Gasteiger partial charge in [0.25, 0.3) is 0 Å². The number of rotatable bonds is 52. The SMILES string of the molecule is CC/C=C\C/C=C\C/C=C\CCCCCCCCCCCC(=O)OCC(COC(=O)CCCCCCCC/C=C\C/C=C\C/C=C\CC)OC(=O)CCCCCCC\C=C/C=C\C=C/CCCCCCC. The van der Waals surface area contributed by atoms with Gasteiger partial charge in [0.15, 0.2) is 6.10 Å². The first-order chi connectivity index (χ1) is 35.0. The molecule has 0 aliphatic heterocycles. The molecule has 0 spiro atoms. The summed E-state index contributed by atoms with van der Waals surface area (Å²) in [4.78, 5) is 38.2. The highest BCUT2D eigenvalue weighted by atomic mass is 16.6. The highest BCUT2D eigenvalue weighted by Gasteiger charge is 2.19. The van der Waals surface area contributed by atoms with Crippen molar-refractivity contribution >= 4 is 17.9 Å². The summed E-state index contributed by atoms with van der Waals surface area (Å²) >= 11 is 0. The summed E-state index contributed by atoms with van der Waals surface area (Å²) in [5.74, 6) is -0.930. The monoisotopic (exact) mass is 985 g/mol. The van der Waals surface area contributed by atoms with E-state index in [0.29, 0.717) is 19.3 Å². The predicted octanol–water partition coefficient (Wildman–Crippen LogP) is 19.9. The van der Waals surface area contributed by atoms with E-state index in [1.54, 1.807) is 0 Å². The molecule has 6 nitrogen and oxygen atoms in total. The molecule has 71 heavy (non-hydrogen) atoms. The van der Waals surface area contributed by atoms with Crippen molar-refractivity contribution in [2.45, 2.75) is 271 Å². The molecule has 0 rings (SSSR count). The molecular weight excluding hydrogens is 877 g/mol. The van der Waals surface area contributed by atoms with Gasteiger partial charge in [-0.05, 0) is 109 Å². The molecule has 6 heteroatoms. The molecule has 0 saturated carbocycles. The predicted molar refractivity (Wildman–Crippen MR) is 307 cm³/mol. The van der Waals surface area contributed by atoms with E-state index in [4.69, 9.17) is 14.2 Å². The molecule has 1 unspecified atom stereocenters. The standard InChI is InChI=1S/C65H108O6/c1-4-7-10-13-16-19-22-25-28-31-33-35-37-40-43-46-49-52-55-58-64(67)70-61-62(60-69-63(66)57-54-51-48-45-42-39-36-30-27-24-21-18-15-12-9-6-3)71-65(68)59-56-53-50-47-44-41-38-34-32-29-26-23-20-17-14-11-8-5-2/h7,9-10,12,16,18-19,21,23,25-30,32,34,38,62H,4-6,8,11,13-15,17,20,22,24,31,33,35-37,39-61H2,1-3H3/b10-7-,12-9-,19-16-,21-18-,26-23-,28-25-,30-27-,32-29-,38-34-. The van der Waals surface area contributed by atoms with E-state index < -0.39 is 6.10 Å². The smallest absolute Gasteiger partial charge is 0.306 e. The van der Waals surface area contributed by atoms with Crippen molar-refractivity contribution in [2.24, 2.45) is 0 Å². The average molecular weight is 986 g/mol. The van der Waals surface area contributed by atoms with Crippen LogP contribution < -0.4 is 0 Å². The van der Waals surface area contributed by atoms with Crippen molar-refractivity contribution in [3.8, 4) is 0 Å².